The fourth-order valence-electron chi connectivity index (χ4n) is 1.77. The summed E-state index contributed by atoms with van der Waals surface area (Å²) in [4.78, 5) is 0. The molecule has 1 nitrogen and oxygen atoms in total. The van der Waals surface area contributed by atoms with Gasteiger partial charge < -0.3 is 5.11 Å². The molecule has 1 unspecified atom stereocenters. The molecule has 0 heterocycles. The van der Waals surface area contributed by atoms with E-state index in [1.807, 2.05) is 0 Å². The Kier molecular flexibility index (Phi) is 4.15. The van der Waals surface area contributed by atoms with Gasteiger partial charge in [0.1, 0.15) is 11.9 Å². The van der Waals surface area contributed by atoms with Crippen LogP contribution in [0.4, 0.5) is 17.6 Å². The summed E-state index contributed by atoms with van der Waals surface area (Å²) < 4.78 is 50.8. The highest BCUT2D eigenvalue weighted by molar-refractivity contribution is 9.10. The molecule has 0 aliphatic carbocycles. The third kappa shape index (κ3) is 3.02. The molecule has 0 amide bonds. The van der Waals surface area contributed by atoms with Crippen LogP contribution >= 0.6 is 15.9 Å². The number of aliphatic hydroxyl groups excluding tert-OH is 1. The van der Waals surface area contributed by atoms with E-state index >= 15 is 0 Å². The maximum atomic E-state index is 13.4. The summed E-state index contributed by atoms with van der Waals surface area (Å²) >= 11 is 3.01. The summed E-state index contributed by atoms with van der Waals surface area (Å²) in [5.41, 5.74) is -0.291. The summed E-state index contributed by atoms with van der Waals surface area (Å²) in [7, 11) is 0. The second kappa shape index (κ2) is 5.54. The zero-order valence-electron chi connectivity index (χ0n) is 9.96. The molecule has 1 N–H and O–H groups in total. The van der Waals surface area contributed by atoms with Crippen LogP contribution in [0.5, 0.6) is 0 Å². The minimum atomic E-state index is -4.43. The second-order valence-corrected chi connectivity index (χ2v) is 4.96. The van der Waals surface area contributed by atoms with Gasteiger partial charge in [-0.3, -0.25) is 0 Å². The highest BCUT2D eigenvalue weighted by Gasteiger charge is 2.30. The van der Waals surface area contributed by atoms with E-state index in [0.29, 0.717) is 0 Å². The highest BCUT2D eigenvalue weighted by atomic mass is 79.9. The van der Waals surface area contributed by atoms with Gasteiger partial charge in [-0.15, -0.1) is 0 Å². The Morgan fingerprint density at radius 1 is 1.00 bits per heavy atom. The predicted molar refractivity (Wildman–Crippen MR) is 69.6 cm³/mol. The number of rotatable bonds is 2. The van der Waals surface area contributed by atoms with Crippen LogP contribution in [0.2, 0.25) is 0 Å². The lowest BCUT2D eigenvalue weighted by molar-refractivity contribution is -0.137. The first-order valence-electron chi connectivity index (χ1n) is 5.60. The Hall–Kier alpha value is -1.40. The van der Waals surface area contributed by atoms with Gasteiger partial charge in [0, 0.05) is 5.56 Å². The number of halogens is 5. The molecule has 1 atom stereocenters. The van der Waals surface area contributed by atoms with Gasteiger partial charge in [0.25, 0.3) is 0 Å². The molecular weight excluding hydrogens is 340 g/mol. The van der Waals surface area contributed by atoms with Gasteiger partial charge in [-0.1, -0.05) is 24.3 Å². The lowest BCUT2D eigenvalue weighted by Gasteiger charge is -2.15. The van der Waals surface area contributed by atoms with Gasteiger partial charge in [-0.25, -0.2) is 4.39 Å². The Morgan fingerprint density at radius 3 is 2.15 bits per heavy atom. The van der Waals surface area contributed by atoms with Crippen LogP contribution in [-0.4, -0.2) is 5.11 Å². The van der Waals surface area contributed by atoms with Crippen LogP contribution in [0.1, 0.15) is 22.8 Å². The molecule has 0 aromatic heterocycles. The number of hydrogen-bond acceptors (Lipinski definition) is 1. The zero-order valence-corrected chi connectivity index (χ0v) is 11.5. The van der Waals surface area contributed by atoms with E-state index in [0.717, 1.165) is 12.1 Å². The Balaban J connectivity index is 2.34. The predicted octanol–water partition coefficient (Wildman–Crippen LogP) is 4.69. The summed E-state index contributed by atoms with van der Waals surface area (Å²) in [6.45, 7) is 0. The smallest absolute Gasteiger partial charge is 0.384 e. The molecular formula is C14H9BrF4O. The molecule has 0 saturated heterocycles. The molecule has 0 bridgehead atoms. The number of hydrogen-bond donors (Lipinski definition) is 1. The molecule has 0 aliphatic heterocycles. The van der Waals surface area contributed by atoms with Crippen LogP contribution < -0.4 is 0 Å². The van der Waals surface area contributed by atoms with Gasteiger partial charge in [0.2, 0.25) is 0 Å². The molecule has 6 heteroatoms. The monoisotopic (exact) mass is 348 g/mol. The van der Waals surface area contributed by atoms with Crippen LogP contribution in [0.25, 0.3) is 0 Å². The summed E-state index contributed by atoms with van der Waals surface area (Å²) in [5.74, 6) is -0.548. The first kappa shape index (κ1) is 15.0. The van der Waals surface area contributed by atoms with Crippen molar-refractivity contribution in [2.75, 3.05) is 0 Å². The third-order valence-electron chi connectivity index (χ3n) is 2.83. The first-order chi connectivity index (χ1) is 9.30. The highest BCUT2D eigenvalue weighted by Crippen LogP contribution is 2.33. The normalized spacial score (nSPS) is 13.3. The first-order valence-corrected chi connectivity index (χ1v) is 6.39. The van der Waals surface area contributed by atoms with E-state index in [1.165, 1.54) is 30.3 Å². The minimum Gasteiger partial charge on any atom is -0.384 e. The van der Waals surface area contributed by atoms with Crippen molar-refractivity contribution in [3.8, 4) is 0 Å². The summed E-state index contributed by atoms with van der Waals surface area (Å²) in [6.07, 6.45) is -5.63. The SMILES string of the molecule is OC(c1ccc(C(F)(F)F)cc1)c1cccc(F)c1Br. The quantitative estimate of drug-likeness (QED) is 0.780. The lowest BCUT2D eigenvalue weighted by Crippen LogP contribution is -2.06. The van der Waals surface area contributed by atoms with Crippen molar-refractivity contribution in [3.63, 3.8) is 0 Å². The minimum absolute atomic E-state index is 0.0902. The van der Waals surface area contributed by atoms with E-state index < -0.39 is 23.7 Å². The fraction of sp³-hybridized carbons (Fsp3) is 0.143. The Labute approximate surface area is 121 Å². The molecule has 0 fully saturated rings. The third-order valence-corrected chi connectivity index (χ3v) is 3.67. The van der Waals surface area contributed by atoms with E-state index in [9.17, 15) is 22.7 Å². The van der Waals surface area contributed by atoms with Crippen molar-refractivity contribution in [1.82, 2.24) is 0 Å². The zero-order chi connectivity index (χ0) is 14.9. The van der Waals surface area contributed by atoms with E-state index in [4.69, 9.17) is 0 Å². The molecule has 106 valence electrons. The number of aliphatic hydroxyl groups is 1. The lowest BCUT2D eigenvalue weighted by atomic mass is 10.0. The van der Waals surface area contributed by atoms with Crippen LogP contribution in [0, 0.1) is 5.82 Å². The topological polar surface area (TPSA) is 20.2 Å². The van der Waals surface area contributed by atoms with Crippen molar-refractivity contribution < 1.29 is 22.7 Å². The maximum absolute atomic E-state index is 13.4. The molecule has 20 heavy (non-hydrogen) atoms. The van der Waals surface area contributed by atoms with Gasteiger partial charge >= 0.3 is 6.18 Å². The van der Waals surface area contributed by atoms with Gasteiger partial charge in [0.15, 0.2) is 0 Å². The van der Waals surface area contributed by atoms with Crippen LogP contribution in [0.15, 0.2) is 46.9 Å². The maximum Gasteiger partial charge on any atom is 0.416 e. The number of alkyl halides is 3. The molecule has 0 saturated carbocycles. The molecule has 0 radical (unpaired) electrons. The molecule has 2 aromatic rings. The van der Waals surface area contributed by atoms with E-state index in [-0.39, 0.29) is 15.6 Å². The number of benzene rings is 2. The van der Waals surface area contributed by atoms with Gasteiger partial charge in [-0.05, 0) is 39.7 Å². The molecule has 0 aliphatic rings. The van der Waals surface area contributed by atoms with Crippen molar-refractivity contribution in [2.45, 2.75) is 12.3 Å². The Morgan fingerprint density at radius 2 is 1.60 bits per heavy atom. The van der Waals surface area contributed by atoms with Crippen LogP contribution in [-0.2, 0) is 6.18 Å². The van der Waals surface area contributed by atoms with Gasteiger partial charge in [0.05, 0.1) is 10.0 Å². The fourth-order valence-corrected chi connectivity index (χ4v) is 2.25. The van der Waals surface area contributed by atoms with Crippen molar-refractivity contribution in [1.29, 1.82) is 0 Å². The van der Waals surface area contributed by atoms with Crippen molar-refractivity contribution in [3.05, 3.63) is 69.4 Å². The van der Waals surface area contributed by atoms with E-state index in [2.05, 4.69) is 15.9 Å². The molecule has 2 rings (SSSR count). The van der Waals surface area contributed by atoms with Crippen molar-refractivity contribution in [2.24, 2.45) is 0 Å². The van der Waals surface area contributed by atoms with Crippen molar-refractivity contribution >= 4 is 15.9 Å². The molecule has 0 spiro atoms. The van der Waals surface area contributed by atoms with Gasteiger partial charge in [-0.2, -0.15) is 13.2 Å². The standard InChI is InChI=1S/C14H9BrF4O/c15-12-10(2-1-3-11(12)16)13(20)8-4-6-9(7-5-8)14(17,18)19/h1-7,13,20H. The van der Waals surface area contributed by atoms with Crippen LogP contribution in [0.3, 0.4) is 0 Å². The Bertz CT molecular complexity index is 608. The summed E-state index contributed by atoms with van der Waals surface area (Å²) in [5, 5.41) is 10.1. The van der Waals surface area contributed by atoms with E-state index in [1.54, 1.807) is 0 Å². The average molecular weight is 349 g/mol. The average Bonchev–Trinajstić information content (AvgIpc) is 2.40. The largest absolute Gasteiger partial charge is 0.416 e. The second-order valence-electron chi connectivity index (χ2n) is 4.17. The molecule has 2 aromatic carbocycles. The summed E-state index contributed by atoms with van der Waals surface area (Å²) in [6, 6.07) is 8.23.